The fourth-order valence-corrected chi connectivity index (χ4v) is 3.52. The van der Waals surface area contributed by atoms with E-state index >= 15 is 0 Å². The van der Waals surface area contributed by atoms with Crippen LogP contribution in [-0.4, -0.2) is 48.5 Å². The molecule has 7 nitrogen and oxygen atoms in total. The van der Waals surface area contributed by atoms with Gasteiger partial charge in [-0.25, -0.2) is 4.79 Å². The molecule has 0 aliphatic carbocycles. The molecule has 1 aromatic heterocycles. The number of furan rings is 1. The molecule has 0 radical (unpaired) electrons. The molecule has 0 unspecified atom stereocenters. The van der Waals surface area contributed by atoms with E-state index in [-0.39, 0.29) is 18.5 Å². The van der Waals surface area contributed by atoms with Crippen LogP contribution in [0.25, 0.3) is 0 Å². The van der Waals surface area contributed by atoms with E-state index in [9.17, 15) is 9.59 Å². The zero-order valence-electron chi connectivity index (χ0n) is 19.2. The van der Waals surface area contributed by atoms with Gasteiger partial charge in [-0.15, -0.1) is 0 Å². The van der Waals surface area contributed by atoms with E-state index in [1.165, 1.54) is 4.90 Å². The zero-order chi connectivity index (χ0) is 23.5. The van der Waals surface area contributed by atoms with Gasteiger partial charge in [-0.1, -0.05) is 49.4 Å². The molecule has 0 saturated carbocycles. The van der Waals surface area contributed by atoms with Gasteiger partial charge in [0.25, 0.3) is 0 Å². The summed E-state index contributed by atoms with van der Waals surface area (Å²) in [6, 6.07) is 20.5. The summed E-state index contributed by atoms with van der Waals surface area (Å²) in [5.74, 6) is 1.14. The van der Waals surface area contributed by atoms with Crippen molar-refractivity contribution in [3.05, 3.63) is 84.3 Å². The first-order chi connectivity index (χ1) is 16.1. The van der Waals surface area contributed by atoms with E-state index in [0.29, 0.717) is 43.3 Å². The summed E-state index contributed by atoms with van der Waals surface area (Å²) < 4.78 is 10.8. The smallest absolute Gasteiger partial charge is 0.322 e. The Morgan fingerprint density at radius 3 is 2.39 bits per heavy atom. The number of para-hydroxylation sites is 2. The Kier molecular flexibility index (Phi) is 8.94. The summed E-state index contributed by atoms with van der Waals surface area (Å²) in [6.07, 6.45) is 3.04. The second-order valence-corrected chi connectivity index (χ2v) is 7.68. The number of nitrogens with one attached hydrogen (secondary N) is 1. The molecule has 0 aliphatic rings. The third-order valence-corrected chi connectivity index (χ3v) is 5.25. The van der Waals surface area contributed by atoms with Crippen LogP contribution in [0.1, 0.15) is 24.7 Å². The second kappa shape index (κ2) is 12.3. The van der Waals surface area contributed by atoms with Crippen LogP contribution in [0.3, 0.4) is 0 Å². The van der Waals surface area contributed by atoms with Gasteiger partial charge in [0.1, 0.15) is 18.1 Å². The number of ether oxygens (including phenoxy) is 1. The molecule has 0 spiro atoms. The molecule has 3 rings (SSSR count). The minimum atomic E-state index is -0.337. The molecule has 174 valence electrons. The molecular weight excluding hydrogens is 418 g/mol. The van der Waals surface area contributed by atoms with Gasteiger partial charge in [0.15, 0.2) is 0 Å². The van der Waals surface area contributed by atoms with Gasteiger partial charge in [-0.05, 0) is 42.7 Å². The standard InChI is InChI=1S/C26H31N3O4/c1-3-16-29(26(31)27-23-13-7-8-14-24(23)32-2)20-25(30)28(19-22-12-9-18-33-22)17-15-21-10-5-4-6-11-21/h4-14,18H,3,15-17,19-20H2,1-2H3,(H,27,31). The van der Waals surface area contributed by atoms with E-state index in [1.54, 1.807) is 36.5 Å². The van der Waals surface area contributed by atoms with Gasteiger partial charge in [0.05, 0.1) is 25.6 Å². The molecule has 3 aromatic rings. The lowest BCUT2D eigenvalue weighted by atomic mass is 10.1. The topological polar surface area (TPSA) is 75.0 Å². The van der Waals surface area contributed by atoms with Crippen LogP contribution in [0.5, 0.6) is 5.75 Å². The Bertz CT molecular complexity index is 1010. The number of methoxy groups -OCH3 is 1. The van der Waals surface area contributed by atoms with Crippen molar-refractivity contribution in [3.63, 3.8) is 0 Å². The first-order valence-electron chi connectivity index (χ1n) is 11.1. The second-order valence-electron chi connectivity index (χ2n) is 7.68. The molecule has 0 aliphatic heterocycles. The number of carbonyl (C=O) groups is 2. The van der Waals surface area contributed by atoms with Crippen LogP contribution in [0.2, 0.25) is 0 Å². The Morgan fingerprint density at radius 1 is 0.939 bits per heavy atom. The average Bonchev–Trinajstić information content (AvgIpc) is 3.35. The number of amides is 3. The molecule has 1 heterocycles. The van der Waals surface area contributed by atoms with Crippen molar-refractivity contribution in [1.82, 2.24) is 9.80 Å². The summed E-state index contributed by atoms with van der Waals surface area (Å²) in [5.41, 5.74) is 1.71. The number of nitrogens with zero attached hydrogens (tertiary/aromatic N) is 2. The summed E-state index contributed by atoms with van der Waals surface area (Å²) in [6.45, 7) is 3.29. The van der Waals surface area contributed by atoms with Crippen molar-refractivity contribution >= 4 is 17.6 Å². The number of carbonyl (C=O) groups excluding carboxylic acids is 2. The first-order valence-corrected chi connectivity index (χ1v) is 11.1. The highest BCUT2D eigenvalue weighted by molar-refractivity contribution is 5.93. The summed E-state index contributed by atoms with van der Waals surface area (Å²) >= 11 is 0. The molecular formula is C26H31N3O4. The van der Waals surface area contributed by atoms with Crippen molar-refractivity contribution in [2.45, 2.75) is 26.3 Å². The largest absolute Gasteiger partial charge is 0.495 e. The molecule has 1 N–H and O–H groups in total. The third kappa shape index (κ3) is 7.14. The third-order valence-electron chi connectivity index (χ3n) is 5.25. The highest BCUT2D eigenvalue weighted by Crippen LogP contribution is 2.23. The van der Waals surface area contributed by atoms with Crippen LogP contribution in [0.15, 0.2) is 77.4 Å². The van der Waals surface area contributed by atoms with E-state index < -0.39 is 0 Å². The van der Waals surface area contributed by atoms with E-state index in [2.05, 4.69) is 5.32 Å². The molecule has 0 bridgehead atoms. The number of hydrogen-bond acceptors (Lipinski definition) is 4. The maximum atomic E-state index is 13.3. The van der Waals surface area contributed by atoms with Crippen LogP contribution in [0, 0.1) is 0 Å². The summed E-state index contributed by atoms with van der Waals surface area (Å²) in [7, 11) is 1.55. The minimum Gasteiger partial charge on any atom is -0.495 e. The van der Waals surface area contributed by atoms with Crippen LogP contribution < -0.4 is 10.1 Å². The van der Waals surface area contributed by atoms with Gasteiger partial charge in [-0.2, -0.15) is 0 Å². The maximum absolute atomic E-state index is 13.3. The van der Waals surface area contributed by atoms with Crippen LogP contribution >= 0.6 is 0 Å². The number of anilines is 1. The molecule has 3 amide bonds. The summed E-state index contributed by atoms with van der Waals surface area (Å²) in [5, 5.41) is 2.87. The number of urea groups is 1. The van der Waals surface area contributed by atoms with Crippen LogP contribution in [0.4, 0.5) is 10.5 Å². The zero-order valence-corrected chi connectivity index (χ0v) is 19.2. The van der Waals surface area contributed by atoms with Gasteiger partial charge in [0, 0.05) is 13.1 Å². The van der Waals surface area contributed by atoms with E-state index in [4.69, 9.17) is 9.15 Å². The van der Waals surface area contributed by atoms with Gasteiger partial charge in [-0.3, -0.25) is 4.79 Å². The Hall–Kier alpha value is -3.74. The lowest BCUT2D eigenvalue weighted by molar-refractivity contribution is -0.132. The van der Waals surface area contributed by atoms with Crippen molar-refractivity contribution < 1.29 is 18.7 Å². The first kappa shape index (κ1) is 23.9. The highest BCUT2D eigenvalue weighted by Gasteiger charge is 2.22. The van der Waals surface area contributed by atoms with Gasteiger partial charge >= 0.3 is 6.03 Å². The van der Waals surface area contributed by atoms with Gasteiger partial charge < -0.3 is 24.3 Å². The molecule has 2 aromatic carbocycles. The molecule has 33 heavy (non-hydrogen) atoms. The fraction of sp³-hybridized carbons (Fsp3) is 0.308. The lowest BCUT2D eigenvalue weighted by Gasteiger charge is -2.27. The van der Waals surface area contributed by atoms with Crippen molar-refractivity contribution in [1.29, 1.82) is 0 Å². The fourth-order valence-electron chi connectivity index (χ4n) is 3.52. The molecule has 0 saturated heterocycles. The highest BCUT2D eigenvalue weighted by atomic mass is 16.5. The minimum absolute atomic E-state index is 0.0235. The predicted molar refractivity (Wildman–Crippen MR) is 128 cm³/mol. The average molecular weight is 450 g/mol. The molecule has 7 heteroatoms. The van der Waals surface area contributed by atoms with Crippen molar-refractivity contribution in [2.24, 2.45) is 0 Å². The Morgan fingerprint density at radius 2 is 1.70 bits per heavy atom. The predicted octanol–water partition coefficient (Wildman–Crippen LogP) is 4.80. The monoisotopic (exact) mass is 449 g/mol. The number of rotatable bonds is 11. The van der Waals surface area contributed by atoms with Crippen LogP contribution in [-0.2, 0) is 17.8 Å². The number of hydrogen-bond donors (Lipinski definition) is 1. The normalized spacial score (nSPS) is 10.5. The SMILES string of the molecule is CCCN(CC(=O)N(CCc1ccccc1)Cc1ccco1)C(=O)Nc1ccccc1OC. The van der Waals surface area contributed by atoms with Gasteiger partial charge in [0.2, 0.25) is 5.91 Å². The molecule has 0 atom stereocenters. The molecule has 0 fully saturated rings. The number of benzene rings is 2. The van der Waals surface area contributed by atoms with Crippen molar-refractivity contribution in [2.75, 3.05) is 32.1 Å². The van der Waals surface area contributed by atoms with E-state index in [1.807, 2.05) is 55.5 Å². The van der Waals surface area contributed by atoms with Crippen molar-refractivity contribution in [3.8, 4) is 5.75 Å². The summed E-state index contributed by atoms with van der Waals surface area (Å²) in [4.78, 5) is 29.6. The maximum Gasteiger partial charge on any atom is 0.322 e. The van der Waals surface area contributed by atoms with E-state index in [0.717, 1.165) is 12.0 Å². The Labute approximate surface area is 194 Å². The Balaban J connectivity index is 1.70. The quantitative estimate of drug-likeness (QED) is 0.456. The lowest BCUT2D eigenvalue weighted by Crippen LogP contribution is -2.45.